The number of nitrogens with zero attached hydrogens (tertiary/aromatic N) is 6. The van der Waals surface area contributed by atoms with Crippen LogP contribution < -0.4 is 9.64 Å². The van der Waals surface area contributed by atoms with Gasteiger partial charge >= 0.3 is 0 Å². The lowest BCUT2D eigenvalue weighted by Crippen LogP contribution is -2.25. The monoisotopic (exact) mass is 708 g/mol. The Balaban J connectivity index is 1.18. The Labute approximate surface area is 318 Å². The van der Waals surface area contributed by atoms with Gasteiger partial charge in [-0.05, 0) is 66.2 Å². The summed E-state index contributed by atoms with van der Waals surface area (Å²) in [6, 6.07) is 55.2. The standard InChI is InChI=1S/C48H32N6O/c1-31-27-44-41(53(36-19-9-4-10-20-36)40-23-13-14-24-43(40)55-44)29-42-45(31)37-21-11-12-22-39(37)54(42)38-26-25-34(28-35(38)30-49)48-51-46(32-15-5-2-6-16-32)50-47(52-48)33-17-7-3-8-18-33/h2-29,31H,1H3. The van der Waals surface area contributed by atoms with Crippen LogP contribution in [0.1, 0.15) is 29.7 Å². The van der Waals surface area contributed by atoms with Crippen molar-refractivity contribution in [3.05, 3.63) is 192 Å². The van der Waals surface area contributed by atoms with Crippen molar-refractivity contribution in [3.63, 3.8) is 0 Å². The van der Waals surface area contributed by atoms with Gasteiger partial charge in [-0.3, -0.25) is 0 Å². The average molecular weight is 709 g/mol. The minimum absolute atomic E-state index is 0.00405. The summed E-state index contributed by atoms with van der Waals surface area (Å²) in [5, 5.41) is 12.0. The predicted octanol–water partition coefficient (Wildman–Crippen LogP) is 11.3. The molecule has 2 aliphatic rings. The molecule has 0 radical (unpaired) electrons. The Morgan fingerprint density at radius 1 is 0.618 bits per heavy atom. The summed E-state index contributed by atoms with van der Waals surface area (Å²) in [5.74, 6) is 3.21. The Hall–Kier alpha value is -7.56. The van der Waals surface area contributed by atoms with Gasteiger partial charge < -0.3 is 14.2 Å². The highest BCUT2D eigenvalue weighted by Crippen LogP contribution is 2.48. The summed E-state index contributed by atoms with van der Waals surface area (Å²) >= 11 is 0. The molecular formula is C48H32N6O. The molecule has 1 aliphatic heterocycles. The molecule has 0 N–H and O–H groups in total. The predicted molar refractivity (Wildman–Crippen MR) is 218 cm³/mol. The topological polar surface area (TPSA) is 79.9 Å². The van der Waals surface area contributed by atoms with Gasteiger partial charge in [-0.2, -0.15) is 5.26 Å². The number of aromatic nitrogens is 4. The van der Waals surface area contributed by atoms with Crippen molar-refractivity contribution in [3.8, 4) is 51.7 Å². The van der Waals surface area contributed by atoms with Gasteiger partial charge in [0.15, 0.2) is 23.2 Å². The van der Waals surface area contributed by atoms with Gasteiger partial charge in [-0.1, -0.05) is 116 Å². The van der Waals surface area contributed by atoms with Gasteiger partial charge in [-0.15, -0.1) is 0 Å². The Morgan fingerprint density at radius 2 is 1.22 bits per heavy atom. The SMILES string of the molecule is CC1C=C2Oc3ccccc3N(c3ccccc3)C2=Cc2c1c1ccccc1n2-c1ccc(-c2nc(-c3ccccc3)nc(-c3ccccc3)n2)cc1C#N. The fraction of sp³-hybridized carbons (Fsp3) is 0.0417. The minimum Gasteiger partial charge on any atom is -0.453 e. The summed E-state index contributed by atoms with van der Waals surface area (Å²) in [5.41, 5.74) is 9.82. The van der Waals surface area contributed by atoms with Crippen LogP contribution in [0.25, 0.3) is 56.8 Å². The van der Waals surface area contributed by atoms with Gasteiger partial charge in [-0.25, -0.2) is 15.0 Å². The second kappa shape index (κ2) is 13.1. The van der Waals surface area contributed by atoms with Crippen LogP contribution in [0.2, 0.25) is 0 Å². The number of hydrogen-bond donors (Lipinski definition) is 0. The maximum Gasteiger partial charge on any atom is 0.164 e. The molecule has 260 valence electrons. The van der Waals surface area contributed by atoms with E-state index in [4.69, 9.17) is 19.7 Å². The van der Waals surface area contributed by atoms with E-state index in [1.807, 2.05) is 103 Å². The highest BCUT2D eigenvalue weighted by molar-refractivity contribution is 5.94. The second-order valence-corrected chi connectivity index (χ2v) is 13.6. The summed E-state index contributed by atoms with van der Waals surface area (Å²) in [4.78, 5) is 17.0. The second-order valence-electron chi connectivity index (χ2n) is 13.6. The molecule has 3 heterocycles. The number of para-hydroxylation sites is 4. The van der Waals surface area contributed by atoms with Crippen LogP contribution in [-0.2, 0) is 0 Å². The number of benzene rings is 6. The quantitative estimate of drug-likeness (QED) is 0.177. The minimum atomic E-state index is -0.00405. The molecular weight excluding hydrogens is 677 g/mol. The lowest BCUT2D eigenvalue weighted by Gasteiger charge is -2.34. The zero-order valence-corrected chi connectivity index (χ0v) is 29.8. The van der Waals surface area contributed by atoms with Crippen LogP contribution in [-0.4, -0.2) is 19.5 Å². The van der Waals surface area contributed by atoms with Gasteiger partial charge in [0.1, 0.15) is 11.8 Å². The fourth-order valence-corrected chi connectivity index (χ4v) is 7.75. The summed E-state index contributed by atoms with van der Waals surface area (Å²) in [7, 11) is 0. The third-order valence-corrected chi connectivity index (χ3v) is 10.2. The molecule has 1 aliphatic carbocycles. The van der Waals surface area contributed by atoms with Crippen molar-refractivity contribution in [2.24, 2.45) is 0 Å². The van der Waals surface area contributed by atoms with E-state index in [2.05, 4.69) is 89.2 Å². The average Bonchev–Trinajstić information content (AvgIpc) is 3.50. The number of allylic oxidation sites excluding steroid dienone is 1. The van der Waals surface area contributed by atoms with Crippen molar-refractivity contribution in [1.29, 1.82) is 5.26 Å². The number of hydrogen-bond acceptors (Lipinski definition) is 6. The molecule has 0 fully saturated rings. The van der Waals surface area contributed by atoms with E-state index < -0.39 is 0 Å². The molecule has 7 heteroatoms. The van der Waals surface area contributed by atoms with E-state index in [-0.39, 0.29) is 5.92 Å². The smallest absolute Gasteiger partial charge is 0.164 e. The fourth-order valence-electron chi connectivity index (χ4n) is 7.75. The highest BCUT2D eigenvalue weighted by atomic mass is 16.5. The Bertz CT molecular complexity index is 2810. The van der Waals surface area contributed by atoms with Gasteiger partial charge in [0.2, 0.25) is 0 Å². The largest absolute Gasteiger partial charge is 0.453 e. The van der Waals surface area contributed by atoms with Gasteiger partial charge in [0.25, 0.3) is 0 Å². The molecule has 8 aromatic rings. The maximum absolute atomic E-state index is 10.9. The molecule has 0 amide bonds. The zero-order chi connectivity index (χ0) is 36.9. The van der Waals surface area contributed by atoms with E-state index in [1.165, 1.54) is 0 Å². The molecule has 10 rings (SSSR count). The Morgan fingerprint density at radius 3 is 1.91 bits per heavy atom. The molecule has 0 bridgehead atoms. The summed E-state index contributed by atoms with van der Waals surface area (Å²) in [6.45, 7) is 2.21. The highest BCUT2D eigenvalue weighted by Gasteiger charge is 2.33. The summed E-state index contributed by atoms with van der Waals surface area (Å²) in [6.07, 6.45) is 4.43. The number of ether oxygens (including phenoxy) is 1. The van der Waals surface area contributed by atoms with Crippen molar-refractivity contribution in [2.45, 2.75) is 12.8 Å². The first-order chi connectivity index (χ1) is 27.1. The summed E-state index contributed by atoms with van der Waals surface area (Å²) < 4.78 is 8.88. The molecule has 1 atom stereocenters. The van der Waals surface area contributed by atoms with Crippen molar-refractivity contribution in [1.82, 2.24) is 19.5 Å². The van der Waals surface area contributed by atoms with Crippen LogP contribution in [0.3, 0.4) is 0 Å². The third-order valence-electron chi connectivity index (χ3n) is 10.2. The lowest BCUT2D eigenvalue weighted by molar-refractivity contribution is 0.421. The molecule has 0 spiro atoms. The lowest BCUT2D eigenvalue weighted by atomic mass is 9.98. The van der Waals surface area contributed by atoms with Crippen LogP contribution in [0.15, 0.2) is 175 Å². The van der Waals surface area contributed by atoms with Crippen molar-refractivity contribution < 1.29 is 4.74 Å². The van der Waals surface area contributed by atoms with Crippen LogP contribution in [0.4, 0.5) is 11.4 Å². The van der Waals surface area contributed by atoms with E-state index >= 15 is 0 Å². The molecule has 0 saturated carbocycles. The van der Waals surface area contributed by atoms with Crippen molar-refractivity contribution in [2.75, 3.05) is 4.90 Å². The van der Waals surface area contributed by atoms with Gasteiger partial charge in [0, 0.05) is 33.7 Å². The first kappa shape index (κ1) is 32.1. The van der Waals surface area contributed by atoms with Crippen LogP contribution >= 0.6 is 0 Å². The maximum atomic E-state index is 10.9. The molecule has 55 heavy (non-hydrogen) atoms. The number of rotatable bonds is 5. The Kier molecular flexibility index (Phi) is 7.67. The normalized spacial score (nSPS) is 14.4. The van der Waals surface area contributed by atoms with Gasteiger partial charge in [0.05, 0.1) is 33.8 Å². The number of anilines is 2. The van der Waals surface area contributed by atoms with E-state index in [1.54, 1.807) is 0 Å². The van der Waals surface area contributed by atoms with E-state index in [0.29, 0.717) is 23.0 Å². The first-order valence-corrected chi connectivity index (χ1v) is 18.3. The third kappa shape index (κ3) is 5.47. The number of nitriles is 1. The molecule has 1 unspecified atom stereocenters. The number of fused-ring (bicyclic) bond motifs is 5. The molecule has 2 aromatic heterocycles. The van der Waals surface area contributed by atoms with Crippen molar-refractivity contribution >= 4 is 28.4 Å². The molecule has 0 saturated heterocycles. The zero-order valence-electron chi connectivity index (χ0n) is 29.8. The van der Waals surface area contributed by atoms with Crippen LogP contribution in [0, 0.1) is 11.3 Å². The van der Waals surface area contributed by atoms with E-state index in [9.17, 15) is 5.26 Å². The van der Waals surface area contributed by atoms with E-state index in [0.717, 1.165) is 73.1 Å². The molecule has 7 nitrogen and oxygen atoms in total. The van der Waals surface area contributed by atoms with Crippen LogP contribution in [0.5, 0.6) is 5.75 Å². The molecule has 6 aromatic carbocycles. The first-order valence-electron chi connectivity index (χ1n) is 18.3.